The van der Waals surface area contributed by atoms with Crippen LogP contribution in [0.5, 0.6) is 0 Å². The summed E-state index contributed by atoms with van der Waals surface area (Å²) in [4.78, 5) is 1.19. The van der Waals surface area contributed by atoms with Crippen LogP contribution in [0.15, 0.2) is 53.4 Å². The van der Waals surface area contributed by atoms with Gasteiger partial charge < -0.3 is 0 Å². The van der Waals surface area contributed by atoms with Crippen molar-refractivity contribution in [3.05, 3.63) is 64.7 Å². The minimum atomic E-state index is 0.696. The molecule has 0 N–H and O–H groups in total. The third kappa shape index (κ3) is 3.06. The highest BCUT2D eigenvalue weighted by molar-refractivity contribution is 7.98. The Labute approximate surface area is 111 Å². The zero-order chi connectivity index (χ0) is 12.1. The van der Waals surface area contributed by atoms with Crippen LogP contribution in [-0.2, 0) is 0 Å². The van der Waals surface area contributed by atoms with Gasteiger partial charge in [0.25, 0.3) is 0 Å². The summed E-state index contributed by atoms with van der Waals surface area (Å²) in [6.45, 7) is 0. The van der Waals surface area contributed by atoms with Gasteiger partial charge in [0.05, 0.1) is 5.02 Å². The molecule has 0 aliphatic rings. The van der Waals surface area contributed by atoms with Crippen molar-refractivity contribution in [3.8, 4) is 11.8 Å². The third-order valence-corrected chi connectivity index (χ3v) is 3.44. The van der Waals surface area contributed by atoms with E-state index in [1.807, 2.05) is 42.5 Å². The molecular weight excluding hydrogens is 248 g/mol. The first-order valence-corrected chi connectivity index (χ1v) is 6.81. The Morgan fingerprint density at radius 3 is 2.18 bits per heavy atom. The smallest absolute Gasteiger partial charge is 0.0562 e. The van der Waals surface area contributed by atoms with Gasteiger partial charge in [-0.25, -0.2) is 0 Å². The molecule has 0 fully saturated rings. The largest absolute Gasteiger partial charge is 0.128 e. The highest BCUT2D eigenvalue weighted by Gasteiger charge is 1.97. The first-order valence-electron chi connectivity index (χ1n) is 5.21. The maximum absolute atomic E-state index is 6.06. The van der Waals surface area contributed by atoms with E-state index in [2.05, 4.69) is 24.2 Å². The van der Waals surface area contributed by atoms with Gasteiger partial charge in [-0.05, 0) is 30.5 Å². The molecule has 0 atom stereocenters. The molecule has 0 unspecified atom stereocenters. The van der Waals surface area contributed by atoms with Crippen LogP contribution in [0.3, 0.4) is 0 Å². The third-order valence-electron chi connectivity index (χ3n) is 2.31. The first kappa shape index (κ1) is 12.1. The maximum atomic E-state index is 6.06. The zero-order valence-corrected chi connectivity index (χ0v) is 11.0. The minimum Gasteiger partial charge on any atom is -0.128 e. The van der Waals surface area contributed by atoms with Crippen molar-refractivity contribution < 1.29 is 0 Å². The molecule has 2 aromatic carbocycles. The van der Waals surface area contributed by atoms with Gasteiger partial charge in [0.15, 0.2) is 0 Å². The van der Waals surface area contributed by atoms with Gasteiger partial charge in [-0.1, -0.05) is 47.7 Å². The average molecular weight is 259 g/mol. The molecule has 84 valence electrons. The number of hydrogen-bond donors (Lipinski definition) is 0. The van der Waals surface area contributed by atoms with Crippen molar-refractivity contribution >= 4 is 23.4 Å². The van der Waals surface area contributed by atoms with E-state index < -0.39 is 0 Å². The Bertz CT molecular complexity index is 579. The van der Waals surface area contributed by atoms with E-state index in [1.165, 1.54) is 4.90 Å². The molecule has 0 aromatic heterocycles. The second kappa shape index (κ2) is 5.82. The molecule has 0 bridgehead atoms. The summed E-state index contributed by atoms with van der Waals surface area (Å²) in [6, 6.07) is 15.7. The van der Waals surface area contributed by atoms with E-state index in [1.54, 1.807) is 11.8 Å². The van der Waals surface area contributed by atoms with Crippen LogP contribution in [0.25, 0.3) is 0 Å². The summed E-state index contributed by atoms with van der Waals surface area (Å²) in [5.41, 5.74) is 1.91. The van der Waals surface area contributed by atoms with E-state index in [9.17, 15) is 0 Å². The molecule has 0 saturated carbocycles. The van der Waals surface area contributed by atoms with Gasteiger partial charge in [-0.15, -0.1) is 11.8 Å². The molecule has 0 saturated heterocycles. The molecule has 0 amide bonds. The summed E-state index contributed by atoms with van der Waals surface area (Å²) in [5.74, 6) is 6.27. The highest BCUT2D eigenvalue weighted by Crippen LogP contribution is 2.19. The number of benzene rings is 2. The minimum absolute atomic E-state index is 0.696. The second-order valence-corrected chi connectivity index (χ2v) is 4.69. The number of rotatable bonds is 1. The average Bonchev–Trinajstić information content (AvgIpc) is 2.38. The fraction of sp³-hybridized carbons (Fsp3) is 0.0667. The van der Waals surface area contributed by atoms with Crippen LogP contribution in [0, 0.1) is 11.8 Å². The number of hydrogen-bond acceptors (Lipinski definition) is 1. The molecule has 0 heterocycles. The molecule has 0 spiro atoms. The Morgan fingerprint density at radius 2 is 1.47 bits per heavy atom. The maximum Gasteiger partial charge on any atom is 0.0562 e. The lowest BCUT2D eigenvalue weighted by Gasteiger charge is -1.99. The van der Waals surface area contributed by atoms with Crippen LogP contribution in [0.1, 0.15) is 11.1 Å². The lowest BCUT2D eigenvalue weighted by molar-refractivity contribution is 1.42. The Morgan fingerprint density at radius 1 is 0.882 bits per heavy atom. The lowest BCUT2D eigenvalue weighted by Crippen LogP contribution is -1.80. The van der Waals surface area contributed by atoms with Gasteiger partial charge in [0.2, 0.25) is 0 Å². The molecule has 0 aliphatic carbocycles. The standard InChI is InChI=1S/C15H11ClS/c1-17-15-9-5-3-7-13(15)11-10-12-6-2-4-8-14(12)16/h2-9H,1H3. The predicted octanol–water partition coefficient (Wildman–Crippen LogP) is 4.46. The van der Waals surface area contributed by atoms with E-state index in [0.717, 1.165) is 11.1 Å². The molecule has 2 aromatic rings. The van der Waals surface area contributed by atoms with Crippen LogP contribution in [0.2, 0.25) is 5.02 Å². The predicted molar refractivity (Wildman–Crippen MR) is 75.7 cm³/mol. The fourth-order valence-electron chi connectivity index (χ4n) is 1.45. The topological polar surface area (TPSA) is 0 Å². The quantitative estimate of drug-likeness (QED) is 0.538. The van der Waals surface area contributed by atoms with Gasteiger partial charge >= 0.3 is 0 Å². The van der Waals surface area contributed by atoms with E-state index in [0.29, 0.717) is 5.02 Å². The van der Waals surface area contributed by atoms with Crippen molar-refractivity contribution in [3.63, 3.8) is 0 Å². The first-order chi connectivity index (χ1) is 8.31. The Kier molecular flexibility index (Phi) is 4.14. The van der Waals surface area contributed by atoms with Gasteiger partial charge in [-0.2, -0.15) is 0 Å². The van der Waals surface area contributed by atoms with Crippen LogP contribution in [0.4, 0.5) is 0 Å². The zero-order valence-electron chi connectivity index (χ0n) is 9.41. The van der Waals surface area contributed by atoms with Crippen LogP contribution in [-0.4, -0.2) is 6.26 Å². The number of halogens is 1. The Balaban J connectivity index is 2.37. The summed E-state index contributed by atoms with van der Waals surface area (Å²) in [5, 5.41) is 0.696. The molecule has 0 nitrogen and oxygen atoms in total. The van der Waals surface area contributed by atoms with Gasteiger partial charge in [0.1, 0.15) is 0 Å². The summed E-state index contributed by atoms with van der Waals surface area (Å²) >= 11 is 7.76. The van der Waals surface area contributed by atoms with E-state index in [-0.39, 0.29) is 0 Å². The molecule has 0 radical (unpaired) electrons. The van der Waals surface area contributed by atoms with Crippen LogP contribution < -0.4 is 0 Å². The normalized spacial score (nSPS) is 9.53. The summed E-state index contributed by atoms with van der Waals surface area (Å²) < 4.78 is 0. The molecule has 17 heavy (non-hydrogen) atoms. The van der Waals surface area contributed by atoms with E-state index in [4.69, 9.17) is 11.6 Å². The Hall–Kier alpha value is -1.36. The van der Waals surface area contributed by atoms with Gasteiger partial charge in [0, 0.05) is 16.0 Å². The molecule has 2 rings (SSSR count). The highest BCUT2D eigenvalue weighted by atomic mass is 35.5. The van der Waals surface area contributed by atoms with E-state index >= 15 is 0 Å². The SMILES string of the molecule is CSc1ccccc1C#Cc1ccccc1Cl. The molecular formula is C15H11ClS. The van der Waals surface area contributed by atoms with Crippen molar-refractivity contribution in [2.45, 2.75) is 4.90 Å². The summed E-state index contributed by atoms with van der Waals surface area (Å²) in [7, 11) is 0. The lowest BCUT2D eigenvalue weighted by atomic mass is 10.2. The summed E-state index contributed by atoms with van der Waals surface area (Å²) in [6.07, 6.45) is 2.05. The van der Waals surface area contributed by atoms with Crippen LogP contribution >= 0.6 is 23.4 Å². The molecule has 2 heteroatoms. The molecule has 0 aliphatic heterocycles. The second-order valence-electron chi connectivity index (χ2n) is 3.43. The van der Waals surface area contributed by atoms with Gasteiger partial charge in [-0.3, -0.25) is 0 Å². The number of thioether (sulfide) groups is 1. The fourth-order valence-corrected chi connectivity index (χ4v) is 2.18. The monoisotopic (exact) mass is 258 g/mol. The van der Waals surface area contributed by atoms with Crippen molar-refractivity contribution in [2.75, 3.05) is 6.26 Å². The van der Waals surface area contributed by atoms with Crippen molar-refractivity contribution in [1.82, 2.24) is 0 Å². The van der Waals surface area contributed by atoms with Crippen molar-refractivity contribution in [2.24, 2.45) is 0 Å². The van der Waals surface area contributed by atoms with Crippen molar-refractivity contribution in [1.29, 1.82) is 0 Å².